The van der Waals surface area contributed by atoms with Gasteiger partial charge in [-0.05, 0) is 17.7 Å². The van der Waals surface area contributed by atoms with Crippen LogP contribution in [0.2, 0.25) is 5.02 Å². The Kier molecular flexibility index (Phi) is 3.36. The van der Waals surface area contributed by atoms with Crippen LogP contribution < -0.4 is 10.5 Å². The summed E-state index contributed by atoms with van der Waals surface area (Å²) in [6, 6.07) is 7.16. The van der Waals surface area contributed by atoms with Crippen LogP contribution in [0.15, 0.2) is 30.5 Å². The van der Waals surface area contributed by atoms with Gasteiger partial charge >= 0.3 is 0 Å². The number of nitrogens with zero attached hydrogens (tertiary/aromatic N) is 2. The highest BCUT2D eigenvalue weighted by Gasteiger charge is 2.18. The van der Waals surface area contributed by atoms with Crippen molar-refractivity contribution in [3.63, 3.8) is 0 Å². The van der Waals surface area contributed by atoms with Gasteiger partial charge < -0.3 is 10.5 Å². The standard InChI is InChI=1S/C12H14ClN3O/c1-16-12(10(17-2)7-15-16)11(14)8-4-3-5-9(13)6-8/h3-7,11H,14H2,1-2H3. The first kappa shape index (κ1) is 12.0. The minimum Gasteiger partial charge on any atom is -0.493 e. The molecular formula is C12H14ClN3O. The van der Waals surface area contributed by atoms with Crippen LogP contribution in [-0.4, -0.2) is 16.9 Å². The fourth-order valence-electron chi connectivity index (χ4n) is 1.80. The van der Waals surface area contributed by atoms with E-state index in [0.29, 0.717) is 10.8 Å². The molecular weight excluding hydrogens is 238 g/mol. The van der Waals surface area contributed by atoms with E-state index in [1.165, 1.54) is 0 Å². The topological polar surface area (TPSA) is 53.1 Å². The normalized spacial score (nSPS) is 12.5. The fraction of sp³-hybridized carbons (Fsp3) is 0.250. The fourth-order valence-corrected chi connectivity index (χ4v) is 2.00. The van der Waals surface area contributed by atoms with E-state index in [0.717, 1.165) is 11.3 Å². The average molecular weight is 252 g/mol. The highest BCUT2D eigenvalue weighted by molar-refractivity contribution is 6.30. The molecule has 5 heteroatoms. The first-order valence-corrected chi connectivity index (χ1v) is 5.58. The maximum atomic E-state index is 6.21. The molecule has 1 heterocycles. The van der Waals surface area contributed by atoms with Crippen LogP contribution in [0.4, 0.5) is 0 Å². The van der Waals surface area contributed by atoms with Crippen LogP contribution >= 0.6 is 11.6 Å². The number of aromatic nitrogens is 2. The van der Waals surface area contributed by atoms with E-state index in [1.807, 2.05) is 31.3 Å². The summed E-state index contributed by atoms with van der Waals surface area (Å²) < 4.78 is 6.96. The predicted octanol–water partition coefficient (Wildman–Crippen LogP) is 2.13. The van der Waals surface area contributed by atoms with Crippen LogP contribution in [-0.2, 0) is 7.05 Å². The van der Waals surface area contributed by atoms with Gasteiger partial charge in [0, 0.05) is 12.1 Å². The van der Waals surface area contributed by atoms with Gasteiger partial charge in [0.15, 0.2) is 5.75 Å². The van der Waals surface area contributed by atoms with Crippen molar-refractivity contribution in [3.8, 4) is 5.75 Å². The van der Waals surface area contributed by atoms with Crippen molar-refractivity contribution in [2.75, 3.05) is 7.11 Å². The highest BCUT2D eigenvalue weighted by atomic mass is 35.5. The number of ether oxygens (including phenoxy) is 1. The van der Waals surface area contributed by atoms with Crippen LogP contribution in [0.25, 0.3) is 0 Å². The summed E-state index contributed by atoms with van der Waals surface area (Å²) in [6.07, 6.45) is 1.65. The maximum absolute atomic E-state index is 6.21. The lowest BCUT2D eigenvalue weighted by Gasteiger charge is -2.14. The summed E-state index contributed by atoms with van der Waals surface area (Å²) in [7, 11) is 3.44. The average Bonchev–Trinajstić information content (AvgIpc) is 2.69. The number of hydrogen-bond donors (Lipinski definition) is 1. The Morgan fingerprint density at radius 1 is 1.47 bits per heavy atom. The summed E-state index contributed by atoms with van der Waals surface area (Å²) in [4.78, 5) is 0. The van der Waals surface area contributed by atoms with E-state index >= 15 is 0 Å². The first-order chi connectivity index (χ1) is 8.13. The highest BCUT2D eigenvalue weighted by Crippen LogP contribution is 2.28. The van der Waals surface area contributed by atoms with Gasteiger partial charge in [-0.25, -0.2) is 0 Å². The Hall–Kier alpha value is -1.52. The molecule has 0 saturated heterocycles. The van der Waals surface area contributed by atoms with Gasteiger partial charge in [-0.3, -0.25) is 4.68 Å². The summed E-state index contributed by atoms with van der Waals surface area (Å²) in [5.41, 5.74) is 7.97. The second kappa shape index (κ2) is 4.77. The van der Waals surface area contributed by atoms with Crippen molar-refractivity contribution >= 4 is 11.6 Å². The van der Waals surface area contributed by atoms with Crippen molar-refractivity contribution in [3.05, 3.63) is 46.7 Å². The Bertz CT molecular complexity index is 524. The molecule has 0 aliphatic carbocycles. The van der Waals surface area contributed by atoms with Crippen molar-refractivity contribution in [2.45, 2.75) is 6.04 Å². The molecule has 2 N–H and O–H groups in total. The molecule has 1 aromatic heterocycles. The molecule has 0 amide bonds. The largest absolute Gasteiger partial charge is 0.493 e. The molecule has 17 heavy (non-hydrogen) atoms. The molecule has 4 nitrogen and oxygen atoms in total. The van der Waals surface area contributed by atoms with Gasteiger partial charge in [-0.2, -0.15) is 5.10 Å². The van der Waals surface area contributed by atoms with E-state index in [2.05, 4.69) is 5.10 Å². The number of halogens is 1. The third kappa shape index (κ3) is 2.28. The zero-order valence-electron chi connectivity index (χ0n) is 9.72. The first-order valence-electron chi connectivity index (χ1n) is 5.20. The second-order valence-corrected chi connectivity index (χ2v) is 4.19. The van der Waals surface area contributed by atoms with Crippen LogP contribution in [0.3, 0.4) is 0 Å². The summed E-state index contributed by atoms with van der Waals surface area (Å²) in [5, 5.41) is 4.80. The Balaban J connectivity index is 2.43. The van der Waals surface area contributed by atoms with Crippen LogP contribution in [0.5, 0.6) is 5.75 Å². The molecule has 90 valence electrons. The Morgan fingerprint density at radius 3 is 2.88 bits per heavy atom. The monoisotopic (exact) mass is 251 g/mol. The third-order valence-corrected chi connectivity index (χ3v) is 2.91. The zero-order valence-corrected chi connectivity index (χ0v) is 10.5. The second-order valence-electron chi connectivity index (χ2n) is 3.75. The van der Waals surface area contributed by atoms with E-state index in [9.17, 15) is 0 Å². The van der Waals surface area contributed by atoms with E-state index in [-0.39, 0.29) is 6.04 Å². The SMILES string of the molecule is COc1cnn(C)c1C(N)c1cccc(Cl)c1. The van der Waals surface area contributed by atoms with Gasteiger partial charge in [-0.15, -0.1) is 0 Å². The number of nitrogens with two attached hydrogens (primary N) is 1. The van der Waals surface area contributed by atoms with Gasteiger partial charge in [-0.1, -0.05) is 23.7 Å². The maximum Gasteiger partial charge on any atom is 0.161 e. The molecule has 0 radical (unpaired) electrons. The molecule has 1 aromatic carbocycles. The third-order valence-electron chi connectivity index (χ3n) is 2.67. The Morgan fingerprint density at radius 2 is 2.24 bits per heavy atom. The molecule has 0 bridgehead atoms. The molecule has 0 fully saturated rings. The summed E-state index contributed by atoms with van der Waals surface area (Å²) in [5.74, 6) is 0.681. The van der Waals surface area contributed by atoms with Crippen molar-refractivity contribution < 1.29 is 4.74 Å². The molecule has 1 unspecified atom stereocenters. The number of aryl methyl sites for hydroxylation is 1. The van der Waals surface area contributed by atoms with Crippen molar-refractivity contribution in [2.24, 2.45) is 12.8 Å². The van der Waals surface area contributed by atoms with E-state index in [1.54, 1.807) is 18.0 Å². The number of rotatable bonds is 3. The molecule has 0 aliphatic rings. The van der Waals surface area contributed by atoms with Crippen LogP contribution in [0, 0.1) is 0 Å². The van der Waals surface area contributed by atoms with Crippen molar-refractivity contribution in [1.29, 1.82) is 0 Å². The zero-order chi connectivity index (χ0) is 12.4. The van der Waals surface area contributed by atoms with Gasteiger partial charge in [0.25, 0.3) is 0 Å². The van der Waals surface area contributed by atoms with E-state index < -0.39 is 0 Å². The number of methoxy groups -OCH3 is 1. The van der Waals surface area contributed by atoms with Gasteiger partial charge in [0.1, 0.15) is 5.69 Å². The van der Waals surface area contributed by atoms with E-state index in [4.69, 9.17) is 22.1 Å². The summed E-state index contributed by atoms with van der Waals surface area (Å²) in [6.45, 7) is 0. The molecule has 0 aliphatic heterocycles. The quantitative estimate of drug-likeness (QED) is 0.909. The van der Waals surface area contributed by atoms with Gasteiger partial charge in [0.2, 0.25) is 0 Å². The lowest BCUT2D eigenvalue weighted by atomic mass is 10.0. The number of hydrogen-bond acceptors (Lipinski definition) is 3. The lowest BCUT2D eigenvalue weighted by molar-refractivity contribution is 0.406. The molecule has 2 aromatic rings. The van der Waals surface area contributed by atoms with Crippen LogP contribution in [0.1, 0.15) is 17.3 Å². The minimum atomic E-state index is -0.309. The molecule has 0 saturated carbocycles. The van der Waals surface area contributed by atoms with Gasteiger partial charge in [0.05, 0.1) is 19.3 Å². The molecule has 0 spiro atoms. The van der Waals surface area contributed by atoms with Crippen molar-refractivity contribution in [1.82, 2.24) is 9.78 Å². The summed E-state index contributed by atoms with van der Waals surface area (Å²) >= 11 is 5.95. The Labute approximate surface area is 105 Å². The predicted molar refractivity (Wildman–Crippen MR) is 67.2 cm³/mol. The minimum absolute atomic E-state index is 0.309. The lowest BCUT2D eigenvalue weighted by Crippen LogP contribution is -2.16. The number of benzene rings is 1. The smallest absolute Gasteiger partial charge is 0.161 e. The molecule has 2 rings (SSSR count). The molecule has 1 atom stereocenters.